The van der Waals surface area contributed by atoms with Gasteiger partial charge >= 0.3 is 7.94 Å². The van der Waals surface area contributed by atoms with Crippen LogP contribution in [-0.4, -0.2) is 38.6 Å². The van der Waals surface area contributed by atoms with E-state index in [0.29, 0.717) is 0 Å². The summed E-state index contributed by atoms with van der Waals surface area (Å²) in [6.45, 7) is -0.0799. The van der Waals surface area contributed by atoms with Crippen molar-refractivity contribution in [3.05, 3.63) is 0 Å². The number of hydrogen-bond donors (Lipinski definition) is 5. The molecule has 1 unspecified atom stereocenters. The molecule has 0 rings (SSSR count). The summed E-state index contributed by atoms with van der Waals surface area (Å²) in [5.41, 5.74) is 4.91. The molecule has 0 aromatic rings. The Morgan fingerprint density at radius 2 is 1.78 bits per heavy atom. The zero-order valence-corrected chi connectivity index (χ0v) is 5.70. The number of hydrogen-bond acceptors (Lipinski definition) is 5. The molecule has 0 aliphatic carbocycles. The molecule has 6 N–H and O–H groups in total. The monoisotopic (exact) mass is 156 g/mol. The minimum atomic E-state index is -3.82. The highest BCUT2D eigenvalue weighted by Crippen LogP contribution is 2.44. The average Bonchev–Trinajstić information content (AvgIpc) is 1.62. The number of aliphatic hydroxyl groups is 1. The predicted molar refractivity (Wildman–Crippen MR) is 33.5 cm³/mol. The Balaban J connectivity index is 3.47. The Bertz CT molecular complexity index is 82.4. The first-order valence-corrected chi connectivity index (χ1v) is 4.23. The number of rotatable bonds is 3. The molecule has 0 radical (unpaired) electrons. The van der Waals surface area contributed by atoms with E-state index >= 15 is 0 Å². The summed E-state index contributed by atoms with van der Waals surface area (Å²) >= 11 is 0. The summed E-state index contributed by atoms with van der Waals surface area (Å²) < 4.78 is 0. The fourth-order valence-corrected chi connectivity index (χ4v) is 1.07. The second-order valence-electron chi connectivity index (χ2n) is 1.76. The Hall–Kier alpha value is 0.230. The van der Waals surface area contributed by atoms with Crippen LogP contribution < -0.4 is 5.73 Å². The van der Waals surface area contributed by atoms with Gasteiger partial charge in [-0.3, -0.25) is 0 Å². The van der Waals surface area contributed by atoms with Crippen molar-refractivity contribution < 1.29 is 19.8 Å². The van der Waals surface area contributed by atoms with Gasteiger partial charge in [0.15, 0.2) is 6.16 Å². The average molecular weight is 156 g/mol. The van der Waals surface area contributed by atoms with Crippen LogP contribution in [0.4, 0.5) is 0 Å². The molecule has 0 fully saturated rings. The van der Waals surface area contributed by atoms with E-state index in [1.807, 2.05) is 0 Å². The first-order valence-electron chi connectivity index (χ1n) is 2.40. The van der Waals surface area contributed by atoms with Crippen molar-refractivity contribution in [3.63, 3.8) is 0 Å². The summed E-state index contributed by atoms with van der Waals surface area (Å²) in [5, 5.41) is 8.62. The third-order valence-electron chi connectivity index (χ3n) is 0.728. The van der Waals surface area contributed by atoms with Crippen LogP contribution in [0.25, 0.3) is 0 Å². The van der Waals surface area contributed by atoms with E-state index < -0.39 is 20.2 Å². The maximum atomic E-state index is 8.62. The van der Waals surface area contributed by atoms with Crippen molar-refractivity contribution in [1.29, 1.82) is 0 Å². The SMILES string of the molecule is NCC(O)C[P+](O)(O)O. The number of nitrogens with two attached hydrogens (primary N) is 1. The topological polar surface area (TPSA) is 107 Å². The quantitative estimate of drug-likeness (QED) is 0.305. The van der Waals surface area contributed by atoms with Crippen molar-refractivity contribution in [2.75, 3.05) is 12.7 Å². The summed E-state index contributed by atoms with van der Waals surface area (Å²) in [7, 11) is -3.82. The Morgan fingerprint density at radius 1 is 1.33 bits per heavy atom. The van der Waals surface area contributed by atoms with E-state index in [9.17, 15) is 0 Å². The van der Waals surface area contributed by atoms with Crippen LogP contribution in [-0.2, 0) is 0 Å². The van der Waals surface area contributed by atoms with Gasteiger partial charge in [-0.25, -0.2) is 0 Å². The molecule has 0 aromatic carbocycles. The highest BCUT2D eigenvalue weighted by molar-refractivity contribution is 7.58. The second kappa shape index (κ2) is 3.41. The van der Waals surface area contributed by atoms with Gasteiger partial charge in [0.2, 0.25) is 0 Å². The van der Waals surface area contributed by atoms with Crippen molar-refractivity contribution in [1.82, 2.24) is 0 Å². The Kier molecular flexibility index (Phi) is 3.50. The molecule has 0 amide bonds. The highest BCUT2D eigenvalue weighted by Gasteiger charge is 2.32. The first-order chi connectivity index (χ1) is 3.95. The van der Waals surface area contributed by atoms with E-state index in [4.69, 9.17) is 25.5 Å². The van der Waals surface area contributed by atoms with Gasteiger partial charge in [0.1, 0.15) is 6.10 Å². The van der Waals surface area contributed by atoms with Crippen LogP contribution in [0.1, 0.15) is 0 Å². The van der Waals surface area contributed by atoms with Gasteiger partial charge in [0, 0.05) is 6.54 Å². The first kappa shape index (κ1) is 9.23. The molecule has 0 aromatic heterocycles. The van der Waals surface area contributed by atoms with Gasteiger partial charge in [-0.05, 0) is 0 Å². The molecule has 5 nitrogen and oxygen atoms in total. The smallest absolute Gasteiger partial charge is 0.388 e. The molecule has 0 saturated carbocycles. The Morgan fingerprint density at radius 3 is 1.89 bits per heavy atom. The molecule has 0 aliphatic rings. The maximum absolute atomic E-state index is 8.62. The van der Waals surface area contributed by atoms with Gasteiger partial charge in [-0.15, -0.1) is 0 Å². The van der Waals surface area contributed by atoms with Crippen molar-refractivity contribution in [2.45, 2.75) is 6.10 Å². The van der Waals surface area contributed by atoms with Gasteiger partial charge in [0.05, 0.1) is 0 Å². The molecule has 1 atom stereocenters. The summed E-state index contributed by atoms with van der Waals surface area (Å²) in [6, 6.07) is 0. The van der Waals surface area contributed by atoms with Gasteiger partial charge < -0.3 is 10.8 Å². The molecule has 0 bridgehead atoms. The van der Waals surface area contributed by atoms with Crippen molar-refractivity contribution >= 4 is 7.94 Å². The fraction of sp³-hybridized carbons (Fsp3) is 1.00. The molecular weight excluding hydrogens is 145 g/mol. The molecule has 56 valence electrons. The second-order valence-corrected chi connectivity index (χ2v) is 3.52. The minimum Gasteiger partial charge on any atom is -0.388 e. The van der Waals surface area contributed by atoms with Crippen LogP contribution in [0.2, 0.25) is 0 Å². The third-order valence-corrected chi connectivity index (χ3v) is 1.64. The van der Waals surface area contributed by atoms with E-state index in [2.05, 4.69) is 0 Å². The van der Waals surface area contributed by atoms with Crippen molar-refractivity contribution in [3.8, 4) is 0 Å². The summed E-state index contributed by atoms with van der Waals surface area (Å²) in [4.78, 5) is 25.0. The molecule has 6 heteroatoms. The van der Waals surface area contributed by atoms with Crippen LogP contribution >= 0.6 is 7.94 Å². The van der Waals surface area contributed by atoms with Crippen LogP contribution in [0.3, 0.4) is 0 Å². The molecule has 0 spiro atoms. The fourth-order valence-electron chi connectivity index (χ4n) is 0.357. The zero-order valence-electron chi connectivity index (χ0n) is 4.80. The largest absolute Gasteiger partial charge is 0.406 e. The van der Waals surface area contributed by atoms with E-state index in [1.54, 1.807) is 0 Å². The van der Waals surface area contributed by atoms with E-state index in [0.717, 1.165) is 0 Å². The van der Waals surface area contributed by atoms with E-state index in [1.165, 1.54) is 0 Å². The Labute approximate surface area is 53.3 Å². The van der Waals surface area contributed by atoms with Gasteiger partial charge in [-0.2, -0.15) is 14.7 Å². The lowest BCUT2D eigenvalue weighted by Crippen LogP contribution is -2.24. The molecule has 0 heterocycles. The van der Waals surface area contributed by atoms with E-state index in [-0.39, 0.29) is 6.54 Å². The minimum absolute atomic E-state index is 0.0799. The van der Waals surface area contributed by atoms with Crippen LogP contribution in [0, 0.1) is 0 Å². The van der Waals surface area contributed by atoms with Crippen molar-refractivity contribution in [2.24, 2.45) is 5.73 Å². The zero-order chi connectivity index (χ0) is 7.49. The maximum Gasteiger partial charge on any atom is 0.406 e. The molecule has 0 aliphatic heterocycles. The molecular formula is C3H11NO4P+. The third kappa shape index (κ3) is 6.11. The number of aliphatic hydroxyl groups excluding tert-OH is 1. The lowest BCUT2D eigenvalue weighted by Gasteiger charge is -2.07. The highest BCUT2D eigenvalue weighted by atomic mass is 31.2. The van der Waals surface area contributed by atoms with Gasteiger partial charge in [-0.1, -0.05) is 0 Å². The summed E-state index contributed by atoms with van der Waals surface area (Å²) in [5.74, 6) is 0. The predicted octanol–water partition coefficient (Wildman–Crippen LogP) is -1.95. The summed E-state index contributed by atoms with van der Waals surface area (Å²) in [6.07, 6.45) is -1.47. The van der Waals surface area contributed by atoms with Gasteiger partial charge in [0.25, 0.3) is 0 Å². The van der Waals surface area contributed by atoms with Crippen LogP contribution in [0.15, 0.2) is 0 Å². The van der Waals surface area contributed by atoms with Crippen LogP contribution in [0.5, 0.6) is 0 Å². The lowest BCUT2D eigenvalue weighted by atomic mass is 10.4. The molecule has 9 heavy (non-hydrogen) atoms. The molecule has 0 saturated heterocycles. The normalized spacial score (nSPS) is 15.7. The lowest BCUT2D eigenvalue weighted by molar-refractivity contribution is 0.191. The standard InChI is InChI=1S/C3H11NO4P/c4-1-3(5)2-9(6,7)8/h3,5-8H,1-2,4H2/q+1.